The van der Waals surface area contributed by atoms with Gasteiger partial charge in [0.25, 0.3) is 0 Å². The van der Waals surface area contributed by atoms with Gasteiger partial charge in [0, 0.05) is 34.2 Å². The molecule has 0 bridgehead atoms. The molecule has 0 aliphatic rings. The highest BCUT2D eigenvalue weighted by molar-refractivity contribution is 7.12. The van der Waals surface area contributed by atoms with Crippen molar-refractivity contribution in [2.45, 2.75) is 19.9 Å². The number of ether oxygens (including phenoxy) is 1. The summed E-state index contributed by atoms with van der Waals surface area (Å²) in [6.07, 6.45) is 2.85. The molecule has 90 valence electrons. The smallest absolute Gasteiger partial charge is 0.214 e. The van der Waals surface area contributed by atoms with Gasteiger partial charge < -0.3 is 10.1 Å². The number of thiophene rings is 1. The summed E-state index contributed by atoms with van der Waals surface area (Å²) in [5.74, 6) is 0.635. The van der Waals surface area contributed by atoms with Crippen molar-refractivity contribution >= 4 is 17.0 Å². The van der Waals surface area contributed by atoms with Gasteiger partial charge in [-0.2, -0.15) is 0 Å². The lowest BCUT2D eigenvalue weighted by atomic mass is 10.3. The number of nitrogens with one attached hydrogen (secondary N) is 1. The first kappa shape index (κ1) is 11.9. The third-order valence-electron chi connectivity index (χ3n) is 2.48. The van der Waals surface area contributed by atoms with Crippen molar-refractivity contribution in [3.05, 3.63) is 40.2 Å². The highest BCUT2D eigenvalue weighted by atomic mass is 32.1. The molecule has 0 saturated carbocycles. The monoisotopic (exact) mass is 248 g/mol. The Morgan fingerprint density at radius 1 is 1.29 bits per heavy atom. The van der Waals surface area contributed by atoms with E-state index < -0.39 is 0 Å². The maximum absolute atomic E-state index is 5.08. The standard InChI is InChI=1S/C13H16N2OS/c1-3-11-4-5-12(17-11)9-15-10-6-7-14-13(8-10)16-2/h4-8H,3,9H2,1-2H3,(H,14,15). The number of hydrogen-bond acceptors (Lipinski definition) is 4. The van der Waals surface area contributed by atoms with Crippen molar-refractivity contribution in [3.8, 4) is 5.88 Å². The van der Waals surface area contributed by atoms with E-state index in [-0.39, 0.29) is 0 Å². The fraction of sp³-hybridized carbons (Fsp3) is 0.308. The Kier molecular flexibility index (Phi) is 3.98. The maximum Gasteiger partial charge on any atom is 0.214 e. The van der Waals surface area contributed by atoms with Crippen LogP contribution in [0.2, 0.25) is 0 Å². The van der Waals surface area contributed by atoms with Crippen LogP contribution in [0.5, 0.6) is 5.88 Å². The molecule has 3 nitrogen and oxygen atoms in total. The number of hydrogen-bond donors (Lipinski definition) is 1. The number of aromatic nitrogens is 1. The van der Waals surface area contributed by atoms with Crippen molar-refractivity contribution in [2.75, 3.05) is 12.4 Å². The van der Waals surface area contributed by atoms with Crippen LogP contribution in [0, 0.1) is 0 Å². The van der Waals surface area contributed by atoms with Crippen molar-refractivity contribution in [1.82, 2.24) is 4.98 Å². The summed E-state index contributed by atoms with van der Waals surface area (Å²) in [4.78, 5) is 6.84. The largest absolute Gasteiger partial charge is 0.481 e. The molecule has 2 rings (SSSR count). The lowest BCUT2D eigenvalue weighted by molar-refractivity contribution is 0.398. The molecule has 0 aliphatic carbocycles. The highest BCUT2D eigenvalue weighted by Crippen LogP contribution is 2.19. The molecule has 0 aromatic carbocycles. The van der Waals surface area contributed by atoms with E-state index in [4.69, 9.17) is 4.74 Å². The molecular formula is C13H16N2OS. The van der Waals surface area contributed by atoms with Crippen LogP contribution >= 0.6 is 11.3 Å². The van der Waals surface area contributed by atoms with Gasteiger partial charge in [-0.3, -0.25) is 0 Å². The third kappa shape index (κ3) is 3.20. The predicted molar refractivity (Wildman–Crippen MR) is 71.8 cm³/mol. The Morgan fingerprint density at radius 3 is 2.82 bits per heavy atom. The Morgan fingerprint density at radius 2 is 2.12 bits per heavy atom. The fourth-order valence-electron chi connectivity index (χ4n) is 1.53. The molecule has 1 N–H and O–H groups in total. The Labute approximate surface area is 105 Å². The lowest BCUT2D eigenvalue weighted by Crippen LogP contribution is -1.98. The van der Waals surface area contributed by atoms with Crippen molar-refractivity contribution < 1.29 is 4.74 Å². The van der Waals surface area contributed by atoms with Crippen LogP contribution in [0.25, 0.3) is 0 Å². The van der Waals surface area contributed by atoms with Gasteiger partial charge in [0.15, 0.2) is 0 Å². The molecule has 17 heavy (non-hydrogen) atoms. The van der Waals surface area contributed by atoms with E-state index in [1.165, 1.54) is 9.75 Å². The second-order valence-corrected chi connectivity index (χ2v) is 4.91. The molecule has 0 atom stereocenters. The van der Waals surface area contributed by atoms with E-state index in [0.29, 0.717) is 5.88 Å². The molecule has 0 unspecified atom stereocenters. The Hall–Kier alpha value is -1.55. The number of rotatable bonds is 5. The first-order valence-electron chi connectivity index (χ1n) is 5.63. The van der Waals surface area contributed by atoms with Gasteiger partial charge in [0.05, 0.1) is 7.11 Å². The molecule has 0 spiro atoms. The van der Waals surface area contributed by atoms with Gasteiger partial charge in [-0.25, -0.2) is 4.98 Å². The summed E-state index contributed by atoms with van der Waals surface area (Å²) >= 11 is 1.85. The van der Waals surface area contributed by atoms with E-state index in [2.05, 4.69) is 29.4 Å². The molecule has 0 radical (unpaired) electrons. The van der Waals surface area contributed by atoms with E-state index in [9.17, 15) is 0 Å². The normalized spacial score (nSPS) is 10.2. The quantitative estimate of drug-likeness (QED) is 0.881. The van der Waals surface area contributed by atoms with Gasteiger partial charge in [-0.1, -0.05) is 6.92 Å². The minimum Gasteiger partial charge on any atom is -0.481 e. The lowest BCUT2D eigenvalue weighted by Gasteiger charge is -2.05. The zero-order chi connectivity index (χ0) is 12.1. The Balaban J connectivity index is 1.96. The van der Waals surface area contributed by atoms with E-state index in [0.717, 1.165) is 18.7 Å². The summed E-state index contributed by atoms with van der Waals surface area (Å²) in [5.41, 5.74) is 1.03. The molecule has 2 aromatic heterocycles. The zero-order valence-electron chi connectivity index (χ0n) is 10.1. The molecule has 0 aliphatic heterocycles. The van der Waals surface area contributed by atoms with Crippen LogP contribution in [0.1, 0.15) is 16.7 Å². The minimum absolute atomic E-state index is 0.635. The van der Waals surface area contributed by atoms with E-state index in [1.807, 2.05) is 23.5 Å². The predicted octanol–water partition coefficient (Wildman–Crippen LogP) is 3.33. The first-order chi connectivity index (χ1) is 8.31. The number of anilines is 1. The van der Waals surface area contributed by atoms with Crippen LogP contribution in [-0.2, 0) is 13.0 Å². The van der Waals surface area contributed by atoms with Crippen LogP contribution in [0.3, 0.4) is 0 Å². The molecule has 0 fully saturated rings. The summed E-state index contributed by atoms with van der Waals surface area (Å²) in [6.45, 7) is 3.02. The zero-order valence-corrected chi connectivity index (χ0v) is 10.9. The second kappa shape index (κ2) is 5.68. The number of aryl methyl sites for hydroxylation is 1. The van der Waals surface area contributed by atoms with Gasteiger partial charge in [0.2, 0.25) is 5.88 Å². The minimum atomic E-state index is 0.635. The van der Waals surface area contributed by atoms with Crippen LogP contribution in [-0.4, -0.2) is 12.1 Å². The average Bonchev–Trinajstić information content (AvgIpc) is 2.84. The summed E-state index contributed by atoms with van der Waals surface area (Å²) < 4.78 is 5.08. The number of methoxy groups -OCH3 is 1. The van der Waals surface area contributed by atoms with Crippen LogP contribution < -0.4 is 10.1 Å². The van der Waals surface area contributed by atoms with Gasteiger partial charge in [0.1, 0.15) is 0 Å². The topological polar surface area (TPSA) is 34.2 Å². The fourth-order valence-corrected chi connectivity index (χ4v) is 2.43. The summed E-state index contributed by atoms with van der Waals surface area (Å²) in [7, 11) is 1.62. The van der Waals surface area contributed by atoms with Crippen LogP contribution in [0.4, 0.5) is 5.69 Å². The molecule has 4 heteroatoms. The first-order valence-corrected chi connectivity index (χ1v) is 6.45. The molecule has 0 saturated heterocycles. The number of nitrogens with zero attached hydrogens (tertiary/aromatic N) is 1. The van der Waals surface area contributed by atoms with E-state index >= 15 is 0 Å². The average molecular weight is 248 g/mol. The summed E-state index contributed by atoms with van der Waals surface area (Å²) in [6, 6.07) is 8.20. The van der Waals surface area contributed by atoms with Gasteiger partial charge >= 0.3 is 0 Å². The molecule has 0 amide bonds. The maximum atomic E-state index is 5.08. The molecular weight excluding hydrogens is 232 g/mol. The molecule has 2 heterocycles. The van der Waals surface area contributed by atoms with Gasteiger partial charge in [-0.05, 0) is 24.6 Å². The van der Waals surface area contributed by atoms with Crippen molar-refractivity contribution in [3.63, 3.8) is 0 Å². The van der Waals surface area contributed by atoms with Gasteiger partial charge in [-0.15, -0.1) is 11.3 Å². The summed E-state index contributed by atoms with van der Waals surface area (Å²) in [5, 5.41) is 3.36. The third-order valence-corrected chi connectivity index (χ3v) is 3.71. The van der Waals surface area contributed by atoms with Crippen LogP contribution in [0.15, 0.2) is 30.5 Å². The number of pyridine rings is 1. The van der Waals surface area contributed by atoms with Crippen molar-refractivity contribution in [2.24, 2.45) is 0 Å². The van der Waals surface area contributed by atoms with Crippen molar-refractivity contribution in [1.29, 1.82) is 0 Å². The van der Waals surface area contributed by atoms with E-state index in [1.54, 1.807) is 13.3 Å². The second-order valence-electron chi connectivity index (χ2n) is 3.66. The highest BCUT2D eigenvalue weighted by Gasteiger charge is 2.00. The Bertz CT molecular complexity index is 482. The molecule has 2 aromatic rings. The SMILES string of the molecule is CCc1ccc(CNc2ccnc(OC)c2)s1.